The molecule has 0 saturated carbocycles. The molecule has 0 atom stereocenters. The van der Waals surface area contributed by atoms with Crippen LogP contribution in [0.2, 0.25) is 0 Å². The van der Waals surface area contributed by atoms with Crippen molar-refractivity contribution in [1.29, 1.82) is 0 Å². The number of nitrogens with zero attached hydrogens (tertiary/aromatic N) is 1. The summed E-state index contributed by atoms with van der Waals surface area (Å²) in [6.45, 7) is 2.63. The van der Waals surface area contributed by atoms with Crippen LogP contribution in [0, 0.1) is 0 Å². The highest BCUT2D eigenvalue weighted by Gasteiger charge is 2.23. The van der Waals surface area contributed by atoms with Crippen LogP contribution in [-0.2, 0) is 14.3 Å². The molecular weight excluding hydrogens is 160 g/mol. The van der Waals surface area contributed by atoms with Gasteiger partial charge < -0.3 is 15.0 Å². The van der Waals surface area contributed by atoms with E-state index in [1.165, 1.54) is 12.0 Å². The van der Waals surface area contributed by atoms with Gasteiger partial charge in [0.2, 0.25) is 0 Å². The molecule has 5 heteroatoms. The number of rotatable bonds is 0. The first kappa shape index (κ1) is 8.99. The Kier molecular flexibility index (Phi) is 3.04. The quantitative estimate of drug-likeness (QED) is 0.360. The molecule has 0 aromatic heterocycles. The minimum atomic E-state index is -0.781. The lowest BCUT2D eigenvalue weighted by Crippen LogP contribution is -2.48. The van der Waals surface area contributed by atoms with E-state index < -0.39 is 11.9 Å². The lowest BCUT2D eigenvalue weighted by Gasteiger charge is -2.25. The third kappa shape index (κ3) is 1.94. The van der Waals surface area contributed by atoms with Crippen LogP contribution >= 0.6 is 0 Å². The van der Waals surface area contributed by atoms with Gasteiger partial charge in [-0.05, 0) is 0 Å². The molecule has 68 valence electrons. The van der Waals surface area contributed by atoms with E-state index in [2.05, 4.69) is 10.1 Å². The van der Waals surface area contributed by atoms with Crippen LogP contribution < -0.4 is 5.32 Å². The molecule has 12 heavy (non-hydrogen) atoms. The monoisotopic (exact) mass is 172 g/mol. The number of hydrogen-bond donors (Lipinski definition) is 1. The van der Waals surface area contributed by atoms with Crippen LogP contribution in [0.5, 0.6) is 0 Å². The predicted octanol–water partition coefficient (Wildman–Crippen LogP) is -1.41. The van der Waals surface area contributed by atoms with Crippen LogP contribution in [0.4, 0.5) is 0 Å². The highest BCUT2D eigenvalue weighted by atomic mass is 16.5. The van der Waals surface area contributed by atoms with Gasteiger partial charge in [0.25, 0.3) is 0 Å². The molecule has 1 aliphatic heterocycles. The smallest absolute Gasteiger partial charge is 0.396 e. The van der Waals surface area contributed by atoms with E-state index in [1.807, 2.05) is 0 Å². The average molecular weight is 172 g/mol. The van der Waals surface area contributed by atoms with Crippen LogP contribution in [0.25, 0.3) is 0 Å². The molecule has 1 aliphatic rings. The van der Waals surface area contributed by atoms with E-state index in [0.29, 0.717) is 13.1 Å². The van der Waals surface area contributed by atoms with E-state index in [-0.39, 0.29) is 0 Å². The van der Waals surface area contributed by atoms with E-state index in [9.17, 15) is 9.59 Å². The summed E-state index contributed by atoms with van der Waals surface area (Å²) in [5.74, 6) is -1.32. The lowest BCUT2D eigenvalue weighted by molar-refractivity contribution is -0.158. The van der Waals surface area contributed by atoms with E-state index in [0.717, 1.165) is 13.1 Å². The molecule has 1 saturated heterocycles. The Morgan fingerprint density at radius 2 is 1.92 bits per heavy atom. The summed E-state index contributed by atoms with van der Waals surface area (Å²) in [6.07, 6.45) is 0. The van der Waals surface area contributed by atoms with Gasteiger partial charge >= 0.3 is 11.9 Å². The fourth-order valence-corrected chi connectivity index (χ4v) is 1.08. The SMILES string of the molecule is COC(=O)C(=O)N1CCNCC1. The summed E-state index contributed by atoms with van der Waals surface area (Å²) in [7, 11) is 1.21. The Bertz CT molecular complexity index is 187. The van der Waals surface area contributed by atoms with E-state index in [4.69, 9.17) is 0 Å². The van der Waals surface area contributed by atoms with Crippen molar-refractivity contribution in [2.75, 3.05) is 33.3 Å². The van der Waals surface area contributed by atoms with Gasteiger partial charge in [0.1, 0.15) is 0 Å². The number of nitrogens with one attached hydrogen (secondary N) is 1. The number of ether oxygens (including phenoxy) is 1. The first-order valence-electron chi connectivity index (χ1n) is 3.83. The number of amides is 1. The van der Waals surface area contributed by atoms with Gasteiger partial charge in [-0.25, -0.2) is 4.79 Å². The zero-order chi connectivity index (χ0) is 8.97. The summed E-state index contributed by atoms with van der Waals surface area (Å²) in [5.41, 5.74) is 0. The number of carbonyl (C=O) groups excluding carboxylic acids is 2. The fourth-order valence-electron chi connectivity index (χ4n) is 1.08. The van der Waals surface area contributed by atoms with Crippen LogP contribution in [0.3, 0.4) is 0 Å². The molecule has 5 nitrogen and oxygen atoms in total. The maximum atomic E-state index is 11.2. The molecule has 1 amide bonds. The second-order valence-corrected chi connectivity index (χ2v) is 2.53. The van der Waals surface area contributed by atoms with Crippen LogP contribution in [0.15, 0.2) is 0 Å². The van der Waals surface area contributed by atoms with Gasteiger partial charge in [0, 0.05) is 26.2 Å². The third-order valence-corrected chi connectivity index (χ3v) is 1.76. The largest absolute Gasteiger partial charge is 0.462 e. The summed E-state index contributed by atoms with van der Waals surface area (Å²) in [6, 6.07) is 0. The Balaban J connectivity index is 2.45. The van der Waals surface area contributed by atoms with Gasteiger partial charge in [0.05, 0.1) is 7.11 Å². The zero-order valence-corrected chi connectivity index (χ0v) is 7.00. The molecule has 1 heterocycles. The van der Waals surface area contributed by atoms with Crippen molar-refractivity contribution in [2.45, 2.75) is 0 Å². The topological polar surface area (TPSA) is 58.6 Å². The van der Waals surface area contributed by atoms with Crippen molar-refractivity contribution in [1.82, 2.24) is 10.2 Å². The fraction of sp³-hybridized carbons (Fsp3) is 0.714. The maximum absolute atomic E-state index is 11.2. The van der Waals surface area contributed by atoms with Crippen LogP contribution in [0.1, 0.15) is 0 Å². The first-order valence-corrected chi connectivity index (χ1v) is 3.83. The first-order chi connectivity index (χ1) is 5.75. The molecule has 0 aromatic carbocycles. The Labute approximate surface area is 70.7 Å². The Hall–Kier alpha value is -1.10. The molecule has 1 fully saturated rings. The van der Waals surface area contributed by atoms with Gasteiger partial charge in [-0.15, -0.1) is 0 Å². The Morgan fingerprint density at radius 1 is 1.33 bits per heavy atom. The molecule has 0 aliphatic carbocycles. The van der Waals surface area contributed by atoms with Crippen molar-refractivity contribution in [3.05, 3.63) is 0 Å². The minimum Gasteiger partial charge on any atom is -0.462 e. The van der Waals surface area contributed by atoms with Crippen molar-refractivity contribution >= 4 is 11.9 Å². The van der Waals surface area contributed by atoms with Gasteiger partial charge in [-0.1, -0.05) is 0 Å². The molecule has 0 bridgehead atoms. The standard InChI is InChI=1S/C7H12N2O3/c1-12-7(11)6(10)9-4-2-8-3-5-9/h8H,2-5H2,1H3. The molecule has 0 aromatic rings. The Morgan fingerprint density at radius 3 is 2.42 bits per heavy atom. The molecule has 1 N–H and O–H groups in total. The lowest BCUT2D eigenvalue weighted by atomic mass is 10.3. The molecular formula is C7H12N2O3. The highest BCUT2D eigenvalue weighted by molar-refractivity contribution is 6.32. The summed E-state index contributed by atoms with van der Waals surface area (Å²) >= 11 is 0. The van der Waals surface area contributed by atoms with Crippen molar-refractivity contribution < 1.29 is 14.3 Å². The molecule has 0 unspecified atom stereocenters. The minimum absolute atomic E-state index is 0.543. The number of piperazine rings is 1. The molecule has 1 rings (SSSR count). The normalized spacial score (nSPS) is 17.2. The maximum Gasteiger partial charge on any atom is 0.396 e. The number of carbonyl (C=O) groups is 2. The van der Waals surface area contributed by atoms with Gasteiger partial charge in [0.15, 0.2) is 0 Å². The second kappa shape index (κ2) is 4.06. The molecule has 0 spiro atoms. The summed E-state index contributed by atoms with van der Waals surface area (Å²) in [5, 5.41) is 3.08. The predicted molar refractivity (Wildman–Crippen MR) is 41.5 cm³/mol. The zero-order valence-electron chi connectivity index (χ0n) is 7.00. The van der Waals surface area contributed by atoms with Crippen LogP contribution in [-0.4, -0.2) is 50.1 Å². The van der Waals surface area contributed by atoms with Gasteiger partial charge in [-0.2, -0.15) is 0 Å². The van der Waals surface area contributed by atoms with Crippen molar-refractivity contribution in [3.63, 3.8) is 0 Å². The van der Waals surface area contributed by atoms with E-state index in [1.54, 1.807) is 0 Å². The summed E-state index contributed by atoms with van der Waals surface area (Å²) < 4.78 is 4.31. The van der Waals surface area contributed by atoms with E-state index >= 15 is 0 Å². The summed E-state index contributed by atoms with van der Waals surface area (Å²) in [4.78, 5) is 23.4. The second-order valence-electron chi connectivity index (χ2n) is 2.53. The van der Waals surface area contributed by atoms with Crippen molar-refractivity contribution in [3.8, 4) is 0 Å². The number of methoxy groups -OCH3 is 1. The van der Waals surface area contributed by atoms with Crippen molar-refractivity contribution in [2.24, 2.45) is 0 Å². The average Bonchev–Trinajstić information content (AvgIpc) is 2.17. The number of esters is 1. The van der Waals surface area contributed by atoms with Gasteiger partial charge in [-0.3, -0.25) is 4.79 Å². The highest BCUT2D eigenvalue weighted by Crippen LogP contribution is 1.94. The molecule has 0 radical (unpaired) electrons. The number of hydrogen-bond acceptors (Lipinski definition) is 4. The third-order valence-electron chi connectivity index (χ3n) is 1.76.